The molecule has 4 heteroatoms. The molecule has 3 rings (SSSR count). The largest absolute Gasteiger partial charge is 0.375 e. The lowest BCUT2D eigenvalue weighted by Gasteiger charge is -2.45. The number of nitrogens with one attached hydrogen (secondary N) is 1. The molecule has 122 valence electrons. The maximum atomic E-state index is 6.21. The quantitative estimate of drug-likeness (QED) is 0.861. The number of hydrogen-bond acceptors (Lipinski definition) is 4. The predicted octanol–water partition coefficient (Wildman–Crippen LogP) is 2.03. The number of ether oxygens (including phenoxy) is 2. The zero-order valence-electron chi connectivity index (χ0n) is 13.8. The molecule has 0 radical (unpaired) electrons. The molecule has 0 aromatic rings. The van der Waals surface area contributed by atoms with Crippen molar-refractivity contribution < 1.29 is 9.47 Å². The van der Waals surface area contributed by atoms with Crippen LogP contribution in [-0.4, -0.2) is 62.5 Å². The fraction of sp³-hybridized carbons (Fsp3) is 1.00. The summed E-state index contributed by atoms with van der Waals surface area (Å²) in [4.78, 5) is 2.41. The van der Waals surface area contributed by atoms with Crippen LogP contribution in [0.5, 0.6) is 0 Å². The van der Waals surface area contributed by atoms with Crippen LogP contribution in [0.2, 0.25) is 0 Å². The minimum Gasteiger partial charge on any atom is -0.375 e. The Morgan fingerprint density at radius 3 is 2.81 bits per heavy atom. The Morgan fingerprint density at radius 1 is 1.29 bits per heavy atom. The Hall–Kier alpha value is -0.160. The molecule has 1 aliphatic carbocycles. The second-order valence-electron chi connectivity index (χ2n) is 7.25. The molecular formula is C17H32N2O2. The van der Waals surface area contributed by atoms with Gasteiger partial charge in [0.1, 0.15) is 0 Å². The number of nitrogens with zero attached hydrogens (tertiary/aromatic N) is 1. The molecule has 3 aliphatic rings. The molecule has 2 heterocycles. The van der Waals surface area contributed by atoms with Gasteiger partial charge in [0, 0.05) is 25.7 Å². The van der Waals surface area contributed by atoms with Crippen LogP contribution in [0.15, 0.2) is 0 Å². The molecule has 0 aromatic heterocycles. The van der Waals surface area contributed by atoms with Crippen molar-refractivity contribution in [3.05, 3.63) is 0 Å². The van der Waals surface area contributed by atoms with Crippen molar-refractivity contribution in [1.29, 1.82) is 0 Å². The lowest BCUT2D eigenvalue weighted by Crippen LogP contribution is -2.56. The van der Waals surface area contributed by atoms with E-state index in [2.05, 4.69) is 24.2 Å². The SMILES string of the molecule is CCNC(C1CCOC2(CCCC2)C1)C1CN(C)CCO1. The third-order valence-electron chi connectivity index (χ3n) is 5.69. The molecule has 3 atom stereocenters. The minimum absolute atomic E-state index is 0.206. The summed E-state index contributed by atoms with van der Waals surface area (Å²) in [6.07, 6.45) is 7.99. The molecule has 4 nitrogen and oxygen atoms in total. The van der Waals surface area contributed by atoms with E-state index in [9.17, 15) is 0 Å². The lowest BCUT2D eigenvalue weighted by molar-refractivity contribution is -0.116. The van der Waals surface area contributed by atoms with E-state index in [0.29, 0.717) is 18.1 Å². The molecule has 1 N–H and O–H groups in total. The molecular weight excluding hydrogens is 264 g/mol. The molecule has 0 aromatic carbocycles. The van der Waals surface area contributed by atoms with Gasteiger partial charge in [-0.3, -0.25) is 0 Å². The van der Waals surface area contributed by atoms with Crippen molar-refractivity contribution in [3.63, 3.8) is 0 Å². The van der Waals surface area contributed by atoms with Gasteiger partial charge in [-0.05, 0) is 45.2 Å². The first kappa shape index (κ1) is 15.7. The summed E-state index contributed by atoms with van der Waals surface area (Å²) in [6, 6.07) is 0.485. The average Bonchev–Trinajstić information content (AvgIpc) is 2.92. The first-order valence-corrected chi connectivity index (χ1v) is 8.90. The zero-order chi connectivity index (χ0) is 14.7. The lowest BCUT2D eigenvalue weighted by atomic mass is 9.78. The van der Waals surface area contributed by atoms with Crippen LogP contribution < -0.4 is 5.32 Å². The second-order valence-corrected chi connectivity index (χ2v) is 7.25. The fourth-order valence-corrected chi connectivity index (χ4v) is 4.61. The Morgan fingerprint density at radius 2 is 2.10 bits per heavy atom. The third-order valence-corrected chi connectivity index (χ3v) is 5.69. The normalized spacial score (nSPS) is 35.1. The molecule has 21 heavy (non-hydrogen) atoms. The van der Waals surface area contributed by atoms with Crippen molar-refractivity contribution in [2.24, 2.45) is 5.92 Å². The van der Waals surface area contributed by atoms with Crippen molar-refractivity contribution in [2.75, 3.05) is 39.9 Å². The van der Waals surface area contributed by atoms with Crippen LogP contribution in [0, 0.1) is 5.92 Å². The van der Waals surface area contributed by atoms with Gasteiger partial charge in [-0.25, -0.2) is 0 Å². The van der Waals surface area contributed by atoms with E-state index in [1.807, 2.05) is 0 Å². The summed E-state index contributed by atoms with van der Waals surface area (Å²) >= 11 is 0. The van der Waals surface area contributed by atoms with Gasteiger partial charge in [-0.1, -0.05) is 19.8 Å². The summed E-state index contributed by atoms with van der Waals surface area (Å²) in [5.41, 5.74) is 0.206. The fourth-order valence-electron chi connectivity index (χ4n) is 4.61. The number of likely N-dealkylation sites (N-methyl/N-ethyl adjacent to an activating group) is 2. The van der Waals surface area contributed by atoms with Crippen LogP contribution in [0.1, 0.15) is 45.4 Å². The van der Waals surface area contributed by atoms with E-state index < -0.39 is 0 Å². The molecule has 3 unspecified atom stereocenters. The maximum Gasteiger partial charge on any atom is 0.0857 e. The summed E-state index contributed by atoms with van der Waals surface area (Å²) < 4.78 is 12.3. The smallest absolute Gasteiger partial charge is 0.0857 e. The van der Waals surface area contributed by atoms with Gasteiger partial charge in [0.2, 0.25) is 0 Å². The van der Waals surface area contributed by atoms with Gasteiger partial charge in [0.15, 0.2) is 0 Å². The van der Waals surface area contributed by atoms with Crippen molar-refractivity contribution >= 4 is 0 Å². The standard InChI is InChI=1S/C17H32N2O2/c1-3-18-16(15-13-19(2)9-11-20-15)14-6-10-21-17(12-14)7-4-5-8-17/h14-16,18H,3-13H2,1-2H3. The molecule has 2 aliphatic heterocycles. The number of morpholine rings is 1. The van der Waals surface area contributed by atoms with Crippen LogP contribution in [0.4, 0.5) is 0 Å². The van der Waals surface area contributed by atoms with Crippen molar-refractivity contribution in [2.45, 2.75) is 63.2 Å². The zero-order valence-corrected chi connectivity index (χ0v) is 13.8. The monoisotopic (exact) mass is 296 g/mol. The summed E-state index contributed by atoms with van der Waals surface area (Å²) in [6.45, 7) is 7.17. The van der Waals surface area contributed by atoms with Gasteiger partial charge < -0.3 is 19.7 Å². The molecule has 3 fully saturated rings. The van der Waals surface area contributed by atoms with Crippen molar-refractivity contribution in [3.8, 4) is 0 Å². The van der Waals surface area contributed by atoms with Crippen LogP contribution in [0.25, 0.3) is 0 Å². The maximum absolute atomic E-state index is 6.21. The molecule has 2 saturated heterocycles. The highest BCUT2D eigenvalue weighted by Gasteiger charge is 2.44. The van der Waals surface area contributed by atoms with E-state index in [1.54, 1.807) is 0 Å². The highest BCUT2D eigenvalue weighted by molar-refractivity contribution is 4.97. The summed E-state index contributed by atoms with van der Waals surface area (Å²) in [7, 11) is 2.21. The van der Waals surface area contributed by atoms with Gasteiger partial charge in [0.05, 0.1) is 18.3 Å². The van der Waals surface area contributed by atoms with Crippen LogP contribution in [0.3, 0.4) is 0 Å². The highest BCUT2D eigenvalue weighted by Crippen LogP contribution is 2.43. The summed E-state index contributed by atoms with van der Waals surface area (Å²) in [5, 5.41) is 3.74. The molecule has 0 amide bonds. The first-order chi connectivity index (χ1) is 10.2. The minimum atomic E-state index is 0.206. The van der Waals surface area contributed by atoms with E-state index in [-0.39, 0.29) is 5.60 Å². The van der Waals surface area contributed by atoms with Gasteiger partial charge in [-0.2, -0.15) is 0 Å². The van der Waals surface area contributed by atoms with E-state index in [1.165, 1.54) is 38.5 Å². The average molecular weight is 296 g/mol. The Labute approximate surface area is 129 Å². The predicted molar refractivity (Wildman–Crippen MR) is 84.6 cm³/mol. The third kappa shape index (κ3) is 3.61. The van der Waals surface area contributed by atoms with Gasteiger partial charge in [-0.15, -0.1) is 0 Å². The number of rotatable bonds is 4. The van der Waals surface area contributed by atoms with Gasteiger partial charge >= 0.3 is 0 Å². The number of hydrogen-bond donors (Lipinski definition) is 1. The Kier molecular flexibility index (Phi) is 5.20. The molecule has 1 saturated carbocycles. The van der Waals surface area contributed by atoms with Gasteiger partial charge in [0.25, 0.3) is 0 Å². The summed E-state index contributed by atoms with van der Waals surface area (Å²) in [5.74, 6) is 0.702. The van der Waals surface area contributed by atoms with Crippen LogP contribution in [-0.2, 0) is 9.47 Å². The first-order valence-electron chi connectivity index (χ1n) is 8.90. The van der Waals surface area contributed by atoms with Crippen molar-refractivity contribution in [1.82, 2.24) is 10.2 Å². The van der Waals surface area contributed by atoms with Crippen LogP contribution >= 0.6 is 0 Å². The highest BCUT2D eigenvalue weighted by atomic mass is 16.5. The van der Waals surface area contributed by atoms with E-state index in [4.69, 9.17) is 9.47 Å². The van der Waals surface area contributed by atoms with E-state index in [0.717, 1.165) is 32.8 Å². The second kappa shape index (κ2) is 6.95. The van der Waals surface area contributed by atoms with E-state index >= 15 is 0 Å². The molecule has 1 spiro atoms. The Balaban J connectivity index is 1.67. The Bertz CT molecular complexity index is 331. The molecule has 0 bridgehead atoms. The topological polar surface area (TPSA) is 33.7 Å².